The molecule has 0 spiro atoms. The number of rotatable bonds is 9. The monoisotopic (exact) mass is 450 g/mol. The van der Waals surface area contributed by atoms with Gasteiger partial charge in [-0.25, -0.2) is 0 Å². The fourth-order valence-electron chi connectivity index (χ4n) is 4.65. The van der Waals surface area contributed by atoms with E-state index in [4.69, 9.17) is 4.74 Å². The third-order valence-electron chi connectivity index (χ3n) is 6.70. The molecule has 0 aromatic heterocycles. The predicted molar refractivity (Wildman–Crippen MR) is 132 cm³/mol. The number of ether oxygens (including phenoxy) is 1. The van der Waals surface area contributed by atoms with Gasteiger partial charge in [0.1, 0.15) is 11.8 Å². The molecule has 2 aromatic rings. The van der Waals surface area contributed by atoms with Crippen molar-refractivity contribution in [2.75, 3.05) is 7.11 Å². The maximum atomic E-state index is 13.6. The molecule has 0 aliphatic heterocycles. The van der Waals surface area contributed by atoms with Crippen LogP contribution in [0.25, 0.3) is 0 Å². The molecule has 1 fully saturated rings. The molecule has 2 amide bonds. The number of hydrogen-bond donors (Lipinski definition) is 1. The van der Waals surface area contributed by atoms with Gasteiger partial charge in [-0.2, -0.15) is 0 Å². The molecule has 1 saturated carbocycles. The van der Waals surface area contributed by atoms with Crippen LogP contribution < -0.4 is 10.1 Å². The Morgan fingerprint density at radius 2 is 1.76 bits per heavy atom. The summed E-state index contributed by atoms with van der Waals surface area (Å²) in [4.78, 5) is 28.7. The van der Waals surface area contributed by atoms with Gasteiger partial charge in [0.2, 0.25) is 11.8 Å². The summed E-state index contributed by atoms with van der Waals surface area (Å²) in [6.07, 6.45) is 6.46. The fraction of sp³-hybridized carbons (Fsp3) is 0.500. The summed E-state index contributed by atoms with van der Waals surface area (Å²) in [5.74, 6) is 0.714. The molecule has 5 nitrogen and oxygen atoms in total. The van der Waals surface area contributed by atoms with E-state index in [1.165, 1.54) is 6.42 Å². The molecule has 0 bridgehead atoms. The summed E-state index contributed by atoms with van der Waals surface area (Å²) >= 11 is 0. The molecule has 0 saturated heterocycles. The van der Waals surface area contributed by atoms with Gasteiger partial charge in [-0.1, -0.05) is 62.1 Å². The Kier molecular flexibility index (Phi) is 8.93. The number of benzene rings is 2. The number of nitrogens with one attached hydrogen (secondary N) is 1. The molecule has 33 heavy (non-hydrogen) atoms. The molecule has 0 heterocycles. The Morgan fingerprint density at radius 1 is 1.06 bits per heavy atom. The van der Waals surface area contributed by atoms with E-state index in [0.717, 1.165) is 53.7 Å². The smallest absolute Gasteiger partial charge is 0.243 e. The first-order chi connectivity index (χ1) is 15.9. The van der Waals surface area contributed by atoms with Crippen LogP contribution in [0.15, 0.2) is 42.5 Å². The van der Waals surface area contributed by atoms with E-state index in [2.05, 4.69) is 23.5 Å². The van der Waals surface area contributed by atoms with E-state index in [1.54, 1.807) is 12.0 Å². The molecule has 1 atom stereocenters. The molecular weight excluding hydrogens is 412 g/mol. The first-order valence-corrected chi connectivity index (χ1v) is 12.2. The zero-order valence-electron chi connectivity index (χ0n) is 20.5. The SMILES string of the molecule is CC[C@@H](C(=O)NC1CCCCC1)N(Cc1ccc(OC)cc1)C(=O)Cc1cc(C)ccc1C. The number of hydrogen-bond acceptors (Lipinski definition) is 3. The second-order valence-corrected chi connectivity index (χ2v) is 9.24. The molecule has 5 heteroatoms. The molecule has 0 radical (unpaired) electrons. The van der Waals surface area contributed by atoms with E-state index >= 15 is 0 Å². The molecule has 3 rings (SSSR count). The van der Waals surface area contributed by atoms with Crippen LogP contribution in [-0.2, 0) is 22.6 Å². The predicted octanol–water partition coefficient (Wildman–Crippen LogP) is 5.11. The lowest BCUT2D eigenvalue weighted by Gasteiger charge is -2.33. The van der Waals surface area contributed by atoms with Gasteiger partial charge >= 0.3 is 0 Å². The highest BCUT2D eigenvalue weighted by Crippen LogP contribution is 2.21. The average molecular weight is 451 g/mol. The third kappa shape index (κ3) is 6.83. The van der Waals surface area contributed by atoms with Crippen molar-refractivity contribution in [2.45, 2.75) is 84.3 Å². The highest BCUT2D eigenvalue weighted by atomic mass is 16.5. The van der Waals surface area contributed by atoms with Gasteiger partial charge in [0.15, 0.2) is 0 Å². The third-order valence-corrected chi connectivity index (χ3v) is 6.70. The number of methoxy groups -OCH3 is 1. The minimum Gasteiger partial charge on any atom is -0.497 e. The first-order valence-electron chi connectivity index (χ1n) is 12.2. The van der Waals surface area contributed by atoms with Crippen LogP contribution in [0.3, 0.4) is 0 Å². The summed E-state index contributed by atoms with van der Waals surface area (Å²) in [6, 6.07) is 13.6. The minimum absolute atomic E-state index is 0.0230. The largest absolute Gasteiger partial charge is 0.497 e. The second-order valence-electron chi connectivity index (χ2n) is 9.24. The van der Waals surface area contributed by atoms with Gasteiger partial charge in [-0.05, 0) is 61.9 Å². The van der Waals surface area contributed by atoms with E-state index < -0.39 is 6.04 Å². The normalized spacial score (nSPS) is 15.0. The Labute approximate surface area is 198 Å². The Hall–Kier alpha value is -2.82. The van der Waals surface area contributed by atoms with Crippen LogP contribution in [0.5, 0.6) is 5.75 Å². The Morgan fingerprint density at radius 3 is 2.39 bits per heavy atom. The zero-order valence-corrected chi connectivity index (χ0v) is 20.5. The molecule has 1 aliphatic carbocycles. The van der Waals surface area contributed by atoms with Crippen molar-refractivity contribution in [3.05, 3.63) is 64.7 Å². The molecular formula is C28H38N2O3. The van der Waals surface area contributed by atoms with Crippen molar-refractivity contribution >= 4 is 11.8 Å². The van der Waals surface area contributed by atoms with Gasteiger partial charge in [-0.3, -0.25) is 9.59 Å². The lowest BCUT2D eigenvalue weighted by molar-refractivity contribution is -0.141. The number of carbonyl (C=O) groups is 2. The summed E-state index contributed by atoms with van der Waals surface area (Å²) in [7, 11) is 1.64. The van der Waals surface area contributed by atoms with Crippen molar-refractivity contribution < 1.29 is 14.3 Å². The van der Waals surface area contributed by atoms with Crippen LogP contribution in [0, 0.1) is 13.8 Å². The topological polar surface area (TPSA) is 58.6 Å². The van der Waals surface area contributed by atoms with Gasteiger partial charge in [-0.15, -0.1) is 0 Å². The highest BCUT2D eigenvalue weighted by Gasteiger charge is 2.30. The van der Waals surface area contributed by atoms with E-state index in [1.807, 2.05) is 45.0 Å². The summed E-state index contributed by atoms with van der Waals surface area (Å²) in [5, 5.41) is 3.24. The van der Waals surface area contributed by atoms with Crippen LogP contribution in [0.4, 0.5) is 0 Å². The van der Waals surface area contributed by atoms with Crippen molar-refractivity contribution in [3.63, 3.8) is 0 Å². The summed E-state index contributed by atoms with van der Waals surface area (Å²) in [5.41, 5.74) is 4.22. The summed E-state index contributed by atoms with van der Waals surface area (Å²) < 4.78 is 5.27. The number of carbonyl (C=O) groups excluding carboxylic acids is 2. The average Bonchev–Trinajstić information content (AvgIpc) is 2.82. The van der Waals surface area contributed by atoms with Gasteiger partial charge in [0, 0.05) is 12.6 Å². The van der Waals surface area contributed by atoms with E-state index in [9.17, 15) is 9.59 Å². The Bertz CT molecular complexity index is 933. The van der Waals surface area contributed by atoms with Gasteiger partial charge < -0.3 is 15.0 Å². The molecule has 1 N–H and O–H groups in total. The van der Waals surface area contributed by atoms with Crippen molar-refractivity contribution in [1.29, 1.82) is 0 Å². The fourth-order valence-corrected chi connectivity index (χ4v) is 4.65. The first kappa shape index (κ1) is 24.8. The highest BCUT2D eigenvalue weighted by molar-refractivity contribution is 5.88. The van der Waals surface area contributed by atoms with E-state index in [-0.39, 0.29) is 24.3 Å². The maximum absolute atomic E-state index is 13.6. The summed E-state index contributed by atoms with van der Waals surface area (Å²) in [6.45, 7) is 6.44. The van der Waals surface area contributed by atoms with Crippen molar-refractivity contribution in [2.24, 2.45) is 0 Å². The second kappa shape index (κ2) is 11.9. The maximum Gasteiger partial charge on any atom is 0.243 e. The lowest BCUT2D eigenvalue weighted by atomic mass is 9.95. The van der Waals surface area contributed by atoms with Crippen LogP contribution >= 0.6 is 0 Å². The zero-order chi connectivity index (χ0) is 23.8. The standard InChI is InChI=1S/C28H38N2O3/c1-5-26(28(32)29-24-9-7-6-8-10-24)30(19-22-13-15-25(33-4)16-14-22)27(31)18-23-17-20(2)11-12-21(23)3/h11-17,24,26H,5-10,18-19H2,1-4H3,(H,29,32)/t26-/m0/s1. The quantitative estimate of drug-likeness (QED) is 0.577. The molecule has 178 valence electrons. The van der Waals surface area contributed by atoms with Gasteiger partial charge in [0.05, 0.1) is 13.5 Å². The lowest BCUT2D eigenvalue weighted by Crippen LogP contribution is -2.52. The number of amides is 2. The number of aryl methyl sites for hydroxylation is 2. The van der Waals surface area contributed by atoms with Crippen molar-refractivity contribution in [1.82, 2.24) is 10.2 Å². The van der Waals surface area contributed by atoms with Crippen LogP contribution in [-0.4, -0.2) is 35.9 Å². The molecule has 1 aliphatic rings. The van der Waals surface area contributed by atoms with Crippen LogP contribution in [0.2, 0.25) is 0 Å². The number of nitrogens with zero attached hydrogens (tertiary/aromatic N) is 1. The molecule has 0 unspecified atom stereocenters. The van der Waals surface area contributed by atoms with Gasteiger partial charge in [0.25, 0.3) is 0 Å². The molecule has 2 aromatic carbocycles. The minimum atomic E-state index is -0.494. The van der Waals surface area contributed by atoms with E-state index in [0.29, 0.717) is 13.0 Å². The van der Waals surface area contributed by atoms with Crippen LogP contribution in [0.1, 0.15) is 67.7 Å². The van der Waals surface area contributed by atoms with Crippen molar-refractivity contribution in [3.8, 4) is 5.75 Å². The Balaban J connectivity index is 1.83.